The van der Waals surface area contributed by atoms with Crippen molar-refractivity contribution in [3.8, 4) is 0 Å². The average molecular weight is 274 g/mol. The van der Waals surface area contributed by atoms with Crippen molar-refractivity contribution < 1.29 is 4.79 Å². The van der Waals surface area contributed by atoms with Crippen LogP contribution in [0.5, 0.6) is 0 Å². The van der Waals surface area contributed by atoms with Crippen LogP contribution in [0.1, 0.15) is 54.1 Å². The molecule has 0 aliphatic carbocycles. The highest BCUT2D eigenvalue weighted by Gasteiger charge is 2.19. The molecule has 20 heavy (non-hydrogen) atoms. The second-order valence-electron chi connectivity index (χ2n) is 6.15. The van der Waals surface area contributed by atoms with Crippen molar-refractivity contribution in [3.63, 3.8) is 0 Å². The molecule has 2 rings (SSSR count). The Morgan fingerprint density at radius 3 is 2.70 bits per heavy atom. The van der Waals surface area contributed by atoms with Gasteiger partial charge in [0.15, 0.2) is 0 Å². The van der Waals surface area contributed by atoms with Crippen LogP contribution in [0.4, 0.5) is 0 Å². The third kappa shape index (κ3) is 3.60. The highest BCUT2D eigenvalue weighted by Crippen LogP contribution is 2.29. The van der Waals surface area contributed by atoms with Crippen LogP contribution in [0.25, 0.3) is 0 Å². The Kier molecular flexibility index (Phi) is 5.18. The monoisotopic (exact) mass is 274 g/mol. The molecular weight excluding hydrogens is 248 g/mol. The van der Waals surface area contributed by atoms with Gasteiger partial charge in [-0.05, 0) is 61.9 Å². The van der Waals surface area contributed by atoms with Gasteiger partial charge in [0.1, 0.15) is 0 Å². The number of nitrogens with one attached hydrogen (secondary N) is 2. The van der Waals surface area contributed by atoms with E-state index in [1.807, 2.05) is 12.1 Å². The number of carbonyl (C=O) groups is 1. The van der Waals surface area contributed by atoms with E-state index in [2.05, 4.69) is 37.5 Å². The summed E-state index contributed by atoms with van der Waals surface area (Å²) in [5.41, 5.74) is 3.34. The standard InChI is InChI=1S/C17H26N2O/c1-12(2)11-19-17(20)16-6-4-5-15(13(16)3)14-7-9-18-10-8-14/h4-6,12,14,18H,7-11H2,1-3H3,(H,19,20). The molecule has 0 spiro atoms. The molecule has 1 aliphatic rings. The summed E-state index contributed by atoms with van der Waals surface area (Å²) in [6, 6.07) is 6.15. The van der Waals surface area contributed by atoms with Gasteiger partial charge in [-0.25, -0.2) is 0 Å². The molecule has 0 unspecified atom stereocenters. The van der Waals surface area contributed by atoms with Gasteiger partial charge in [0.05, 0.1) is 0 Å². The van der Waals surface area contributed by atoms with Crippen LogP contribution < -0.4 is 10.6 Å². The zero-order chi connectivity index (χ0) is 14.5. The maximum absolute atomic E-state index is 12.3. The zero-order valence-corrected chi connectivity index (χ0v) is 12.8. The second-order valence-corrected chi connectivity index (χ2v) is 6.15. The van der Waals surface area contributed by atoms with Crippen LogP contribution in [0, 0.1) is 12.8 Å². The van der Waals surface area contributed by atoms with E-state index < -0.39 is 0 Å². The quantitative estimate of drug-likeness (QED) is 0.886. The van der Waals surface area contributed by atoms with Crippen molar-refractivity contribution in [2.45, 2.75) is 39.5 Å². The molecule has 1 heterocycles. The van der Waals surface area contributed by atoms with Gasteiger partial charge in [-0.15, -0.1) is 0 Å². The molecule has 1 fully saturated rings. The zero-order valence-electron chi connectivity index (χ0n) is 12.8. The molecule has 110 valence electrons. The summed E-state index contributed by atoms with van der Waals surface area (Å²) in [6.07, 6.45) is 2.33. The van der Waals surface area contributed by atoms with Crippen LogP contribution in [-0.4, -0.2) is 25.5 Å². The molecular formula is C17H26N2O. The number of rotatable bonds is 4. The topological polar surface area (TPSA) is 41.1 Å². The highest BCUT2D eigenvalue weighted by atomic mass is 16.1. The number of carbonyl (C=O) groups excluding carboxylic acids is 1. The number of amides is 1. The van der Waals surface area contributed by atoms with Gasteiger partial charge in [-0.3, -0.25) is 4.79 Å². The van der Waals surface area contributed by atoms with E-state index in [-0.39, 0.29) is 5.91 Å². The molecule has 0 bridgehead atoms. The lowest BCUT2D eigenvalue weighted by molar-refractivity contribution is 0.0948. The predicted octanol–water partition coefficient (Wildman–Crippen LogP) is 2.85. The van der Waals surface area contributed by atoms with Gasteiger partial charge in [0.2, 0.25) is 0 Å². The van der Waals surface area contributed by atoms with Crippen molar-refractivity contribution in [3.05, 3.63) is 34.9 Å². The minimum absolute atomic E-state index is 0.0620. The molecule has 0 radical (unpaired) electrons. The highest BCUT2D eigenvalue weighted by molar-refractivity contribution is 5.95. The van der Waals surface area contributed by atoms with Crippen LogP contribution in [0.3, 0.4) is 0 Å². The molecule has 2 N–H and O–H groups in total. The van der Waals surface area contributed by atoms with E-state index in [4.69, 9.17) is 0 Å². The maximum atomic E-state index is 12.3. The Morgan fingerprint density at radius 2 is 2.05 bits per heavy atom. The summed E-state index contributed by atoms with van der Waals surface area (Å²) in [7, 11) is 0. The number of hydrogen-bond donors (Lipinski definition) is 2. The van der Waals surface area contributed by atoms with E-state index in [1.165, 1.54) is 5.56 Å². The average Bonchev–Trinajstić information content (AvgIpc) is 2.46. The Bertz CT molecular complexity index is 462. The molecule has 0 saturated carbocycles. The molecule has 1 aliphatic heterocycles. The van der Waals surface area contributed by atoms with E-state index in [1.54, 1.807) is 0 Å². The number of piperidine rings is 1. The molecule has 3 nitrogen and oxygen atoms in total. The fourth-order valence-corrected chi connectivity index (χ4v) is 2.87. The van der Waals surface area contributed by atoms with Gasteiger partial charge in [-0.1, -0.05) is 26.0 Å². The SMILES string of the molecule is Cc1c(C(=O)NCC(C)C)cccc1C1CCNCC1. The molecule has 1 aromatic carbocycles. The lowest BCUT2D eigenvalue weighted by Crippen LogP contribution is -2.29. The number of benzene rings is 1. The normalized spacial score (nSPS) is 16.4. The minimum atomic E-state index is 0.0620. The first-order chi connectivity index (χ1) is 9.59. The van der Waals surface area contributed by atoms with E-state index in [9.17, 15) is 4.79 Å². The van der Waals surface area contributed by atoms with Crippen molar-refractivity contribution in [1.82, 2.24) is 10.6 Å². The van der Waals surface area contributed by atoms with Crippen LogP contribution in [-0.2, 0) is 0 Å². The van der Waals surface area contributed by atoms with Crippen molar-refractivity contribution in [2.24, 2.45) is 5.92 Å². The Hall–Kier alpha value is -1.35. The third-order valence-corrected chi connectivity index (χ3v) is 4.07. The molecule has 1 saturated heterocycles. The van der Waals surface area contributed by atoms with E-state index in [0.29, 0.717) is 11.8 Å². The Labute approximate surface area is 122 Å². The predicted molar refractivity (Wildman–Crippen MR) is 83.2 cm³/mol. The van der Waals surface area contributed by atoms with Gasteiger partial charge >= 0.3 is 0 Å². The summed E-state index contributed by atoms with van der Waals surface area (Å²) in [5, 5.41) is 6.41. The summed E-state index contributed by atoms with van der Waals surface area (Å²) in [6.45, 7) is 9.19. The smallest absolute Gasteiger partial charge is 0.251 e. The lowest BCUT2D eigenvalue weighted by Gasteiger charge is -2.25. The molecule has 0 aromatic heterocycles. The summed E-state index contributed by atoms with van der Waals surface area (Å²) >= 11 is 0. The van der Waals surface area contributed by atoms with Crippen LogP contribution in [0.15, 0.2) is 18.2 Å². The van der Waals surface area contributed by atoms with E-state index >= 15 is 0 Å². The van der Waals surface area contributed by atoms with Crippen molar-refractivity contribution >= 4 is 5.91 Å². The largest absolute Gasteiger partial charge is 0.352 e. The summed E-state index contributed by atoms with van der Waals surface area (Å²) < 4.78 is 0. The Balaban J connectivity index is 2.16. The summed E-state index contributed by atoms with van der Waals surface area (Å²) in [5.74, 6) is 1.13. The van der Waals surface area contributed by atoms with Crippen LogP contribution in [0.2, 0.25) is 0 Å². The molecule has 0 atom stereocenters. The van der Waals surface area contributed by atoms with Crippen molar-refractivity contribution in [2.75, 3.05) is 19.6 Å². The van der Waals surface area contributed by atoms with Gasteiger partial charge in [0.25, 0.3) is 5.91 Å². The lowest BCUT2D eigenvalue weighted by atomic mass is 9.86. The third-order valence-electron chi connectivity index (χ3n) is 4.07. The van der Waals surface area contributed by atoms with Gasteiger partial charge in [0, 0.05) is 12.1 Å². The van der Waals surface area contributed by atoms with Gasteiger partial charge in [-0.2, -0.15) is 0 Å². The molecule has 1 amide bonds. The van der Waals surface area contributed by atoms with Crippen molar-refractivity contribution in [1.29, 1.82) is 0 Å². The first-order valence-corrected chi connectivity index (χ1v) is 7.68. The molecule has 1 aromatic rings. The fourth-order valence-electron chi connectivity index (χ4n) is 2.87. The van der Waals surface area contributed by atoms with Gasteiger partial charge < -0.3 is 10.6 Å². The second kappa shape index (κ2) is 6.89. The minimum Gasteiger partial charge on any atom is -0.352 e. The fraction of sp³-hybridized carbons (Fsp3) is 0.588. The summed E-state index contributed by atoms with van der Waals surface area (Å²) in [4.78, 5) is 12.3. The maximum Gasteiger partial charge on any atom is 0.251 e. The first kappa shape index (κ1) is 15.0. The first-order valence-electron chi connectivity index (χ1n) is 7.68. The Morgan fingerprint density at radius 1 is 1.35 bits per heavy atom. The van der Waals surface area contributed by atoms with E-state index in [0.717, 1.165) is 43.6 Å². The van der Waals surface area contributed by atoms with Crippen LogP contribution >= 0.6 is 0 Å². The number of hydrogen-bond acceptors (Lipinski definition) is 2. The molecule has 3 heteroatoms.